The number of halogens is 2. The third kappa shape index (κ3) is 3.78. The van der Waals surface area contributed by atoms with Gasteiger partial charge in [0.25, 0.3) is 0 Å². The van der Waals surface area contributed by atoms with Crippen molar-refractivity contribution in [2.45, 2.75) is 51.0 Å². The average Bonchev–Trinajstić information content (AvgIpc) is 3.09. The molecule has 1 aliphatic heterocycles. The van der Waals surface area contributed by atoms with E-state index in [1.807, 2.05) is 30.3 Å². The van der Waals surface area contributed by atoms with Gasteiger partial charge in [-0.05, 0) is 78.5 Å². The minimum atomic E-state index is -0.323. The van der Waals surface area contributed by atoms with E-state index in [1.54, 1.807) is 0 Å². The van der Waals surface area contributed by atoms with Crippen LogP contribution in [0.2, 0.25) is 10.0 Å². The molecule has 170 valence electrons. The average molecular weight is 478 g/mol. The SMILES string of the molecule is CC[C@@]12CC[C@@H](c3ccc(-c4ccccc4)cc3Cl)[C@@H](c3ccc(Cl)cc3)[C@@H]1[C@@H](C)NC2=O. The fraction of sp³-hybridized carbons (Fsp3) is 0.345. The normalized spacial score (nSPS) is 28.9. The first kappa shape index (κ1) is 22.5. The van der Waals surface area contributed by atoms with Gasteiger partial charge in [0.05, 0.1) is 5.41 Å². The summed E-state index contributed by atoms with van der Waals surface area (Å²) in [6.45, 7) is 4.32. The predicted octanol–water partition coefficient (Wildman–Crippen LogP) is 7.85. The summed E-state index contributed by atoms with van der Waals surface area (Å²) in [5, 5.41) is 4.81. The lowest BCUT2D eigenvalue weighted by Gasteiger charge is -2.47. The molecule has 3 aromatic carbocycles. The molecule has 0 spiro atoms. The second kappa shape index (κ2) is 8.81. The molecule has 1 heterocycles. The van der Waals surface area contributed by atoms with Gasteiger partial charge in [-0.3, -0.25) is 4.79 Å². The van der Waals surface area contributed by atoms with E-state index in [0.29, 0.717) is 0 Å². The number of nitrogens with one attached hydrogen (secondary N) is 1. The largest absolute Gasteiger partial charge is 0.353 e. The highest BCUT2D eigenvalue weighted by Crippen LogP contribution is 2.60. The van der Waals surface area contributed by atoms with Gasteiger partial charge in [0.1, 0.15) is 0 Å². The van der Waals surface area contributed by atoms with Crippen molar-refractivity contribution in [3.05, 3.63) is 94.0 Å². The quantitative estimate of drug-likeness (QED) is 0.406. The summed E-state index contributed by atoms with van der Waals surface area (Å²) in [6, 6.07) is 25.1. The van der Waals surface area contributed by atoms with Crippen LogP contribution in [0, 0.1) is 11.3 Å². The summed E-state index contributed by atoms with van der Waals surface area (Å²) in [7, 11) is 0. The second-order valence-electron chi connectivity index (χ2n) is 9.62. The third-order valence-electron chi connectivity index (χ3n) is 8.10. The topological polar surface area (TPSA) is 29.1 Å². The number of hydrogen-bond donors (Lipinski definition) is 1. The monoisotopic (exact) mass is 477 g/mol. The van der Waals surface area contributed by atoms with E-state index < -0.39 is 0 Å². The lowest BCUT2D eigenvalue weighted by Crippen LogP contribution is -2.43. The van der Waals surface area contributed by atoms with Crippen LogP contribution in [0.5, 0.6) is 0 Å². The highest BCUT2D eigenvalue weighted by molar-refractivity contribution is 6.31. The molecule has 1 N–H and O–H groups in total. The lowest BCUT2D eigenvalue weighted by molar-refractivity contribution is -0.131. The zero-order valence-corrected chi connectivity index (χ0v) is 20.5. The van der Waals surface area contributed by atoms with Gasteiger partial charge in [-0.25, -0.2) is 0 Å². The Kier molecular flexibility index (Phi) is 6.01. The van der Waals surface area contributed by atoms with Crippen molar-refractivity contribution in [1.29, 1.82) is 0 Å². The zero-order chi connectivity index (χ0) is 23.2. The standard InChI is InChI=1S/C29H29Cl2NO/c1-3-29-16-15-24(23-14-11-21(17-25(23)31)19-7-5-4-6-8-19)26(20-9-12-22(30)13-10-20)27(29)18(2)32-28(29)33/h4-14,17-18,24,26-27H,3,15-16H2,1-2H3,(H,32,33)/t18-,24+,26-,27+,29-/m1/s1. The fourth-order valence-electron chi connectivity index (χ4n) is 6.53. The minimum absolute atomic E-state index is 0.114. The van der Waals surface area contributed by atoms with Crippen molar-refractivity contribution in [2.24, 2.45) is 11.3 Å². The second-order valence-corrected chi connectivity index (χ2v) is 10.5. The van der Waals surface area contributed by atoms with Crippen molar-refractivity contribution in [3.63, 3.8) is 0 Å². The van der Waals surface area contributed by atoms with Gasteiger partial charge in [0.15, 0.2) is 0 Å². The van der Waals surface area contributed by atoms with E-state index in [0.717, 1.165) is 40.4 Å². The fourth-order valence-corrected chi connectivity index (χ4v) is 6.98. The van der Waals surface area contributed by atoms with Crippen LogP contribution in [-0.4, -0.2) is 11.9 Å². The number of carbonyl (C=O) groups is 1. The van der Waals surface area contributed by atoms with Gasteiger partial charge in [-0.1, -0.05) is 84.7 Å². The molecule has 1 saturated heterocycles. The van der Waals surface area contributed by atoms with E-state index in [4.69, 9.17) is 23.2 Å². The summed E-state index contributed by atoms with van der Waals surface area (Å²) in [4.78, 5) is 13.2. The molecule has 2 nitrogen and oxygen atoms in total. The van der Waals surface area contributed by atoms with Gasteiger partial charge in [-0.2, -0.15) is 0 Å². The van der Waals surface area contributed by atoms with Crippen molar-refractivity contribution in [1.82, 2.24) is 5.32 Å². The molecule has 0 radical (unpaired) electrons. The van der Waals surface area contributed by atoms with Crippen LogP contribution in [0.25, 0.3) is 11.1 Å². The van der Waals surface area contributed by atoms with E-state index in [2.05, 4.69) is 61.6 Å². The van der Waals surface area contributed by atoms with Crippen LogP contribution in [0.15, 0.2) is 72.8 Å². The first-order valence-electron chi connectivity index (χ1n) is 11.9. The number of rotatable bonds is 4. The molecule has 4 heteroatoms. The summed E-state index contributed by atoms with van der Waals surface area (Å²) in [5.41, 5.74) is 4.37. The Morgan fingerprint density at radius 3 is 2.36 bits per heavy atom. The molecule has 1 aliphatic carbocycles. The summed E-state index contributed by atoms with van der Waals surface area (Å²) in [5.74, 6) is 0.846. The highest BCUT2D eigenvalue weighted by Gasteiger charge is 2.59. The van der Waals surface area contributed by atoms with Gasteiger partial charge >= 0.3 is 0 Å². The van der Waals surface area contributed by atoms with Gasteiger partial charge in [0, 0.05) is 22.0 Å². The first-order chi connectivity index (χ1) is 15.9. The zero-order valence-electron chi connectivity index (χ0n) is 19.0. The number of carbonyl (C=O) groups excluding carboxylic acids is 1. The number of hydrogen-bond acceptors (Lipinski definition) is 1. The van der Waals surface area contributed by atoms with Crippen LogP contribution in [0.1, 0.15) is 56.1 Å². The predicted molar refractivity (Wildman–Crippen MR) is 137 cm³/mol. The number of fused-ring (bicyclic) bond motifs is 1. The molecule has 1 amide bonds. The summed E-state index contributed by atoms with van der Waals surface area (Å²) >= 11 is 13.2. The number of amides is 1. The Morgan fingerprint density at radius 2 is 1.70 bits per heavy atom. The van der Waals surface area contributed by atoms with Gasteiger partial charge in [0.2, 0.25) is 5.91 Å². The van der Waals surface area contributed by atoms with Crippen molar-refractivity contribution in [2.75, 3.05) is 0 Å². The van der Waals surface area contributed by atoms with Crippen molar-refractivity contribution in [3.8, 4) is 11.1 Å². The van der Waals surface area contributed by atoms with Crippen LogP contribution >= 0.6 is 23.2 Å². The Labute approximate surface area is 206 Å². The van der Waals surface area contributed by atoms with Crippen LogP contribution in [-0.2, 0) is 4.79 Å². The molecular formula is C29H29Cl2NO. The summed E-state index contributed by atoms with van der Waals surface area (Å²) in [6.07, 6.45) is 2.67. The maximum absolute atomic E-state index is 13.2. The molecule has 2 fully saturated rings. The summed E-state index contributed by atoms with van der Waals surface area (Å²) < 4.78 is 0. The Morgan fingerprint density at radius 1 is 0.970 bits per heavy atom. The highest BCUT2D eigenvalue weighted by atomic mass is 35.5. The molecular weight excluding hydrogens is 449 g/mol. The maximum Gasteiger partial charge on any atom is 0.226 e. The smallest absolute Gasteiger partial charge is 0.226 e. The van der Waals surface area contributed by atoms with Crippen molar-refractivity contribution < 1.29 is 4.79 Å². The Balaban J connectivity index is 1.60. The Hall–Kier alpha value is -2.29. The van der Waals surface area contributed by atoms with E-state index >= 15 is 0 Å². The molecule has 3 aromatic rings. The first-order valence-corrected chi connectivity index (χ1v) is 12.6. The Bertz CT molecular complexity index is 1160. The van der Waals surface area contributed by atoms with Crippen LogP contribution in [0.3, 0.4) is 0 Å². The van der Waals surface area contributed by atoms with E-state index in [9.17, 15) is 4.79 Å². The van der Waals surface area contributed by atoms with E-state index in [1.165, 1.54) is 11.1 Å². The van der Waals surface area contributed by atoms with E-state index in [-0.39, 0.29) is 35.1 Å². The van der Waals surface area contributed by atoms with Gasteiger partial charge < -0.3 is 5.32 Å². The molecule has 0 unspecified atom stereocenters. The molecule has 1 saturated carbocycles. The van der Waals surface area contributed by atoms with Crippen LogP contribution < -0.4 is 5.32 Å². The van der Waals surface area contributed by atoms with Crippen molar-refractivity contribution >= 4 is 29.1 Å². The number of benzene rings is 3. The maximum atomic E-state index is 13.2. The molecule has 5 rings (SSSR count). The molecule has 0 bridgehead atoms. The molecule has 33 heavy (non-hydrogen) atoms. The molecule has 2 aliphatic rings. The molecule has 0 aromatic heterocycles. The van der Waals surface area contributed by atoms with Crippen LogP contribution in [0.4, 0.5) is 0 Å². The third-order valence-corrected chi connectivity index (χ3v) is 8.68. The molecule has 5 atom stereocenters. The lowest BCUT2D eigenvalue weighted by atomic mass is 9.54. The van der Waals surface area contributed by atoms with Gasteiger partial charge in [-0.15, -0.1) is 0 Å². The minimum Gasteiger partial charge on any atom is -0.353 e.